The van der Waals surface area contributed by atoms with E-state index in [2.05, 4.69) is 5.32 Å². The van der Waals surface area contributed by atoms with E-state index >= 15 is 0 Å². The van der Waals surface area contributed by atoms with Gasteiger partial charge in [-0.2, -0.15) is 0 Å². The molecule has 0 radical (unpaired) electrons. The molecule has 0 spiro atoms. The van der Waals surface area contributed by atoms with Gasteiger partial charge >= 0.3 is 5.97 Å². The Morgan fingerprint density at radius 3 is 2.47 bits per heavy atom. The summed E-state index contributed by atoms with van der Waals surface area (Å²) in [6.45, 7) is 4.74. The molecule has 0 aromatic heterocycles. The van der Waals surface area contributed by atoms with Crippen LogP contribution in [-0.4, -0.2) is 35.2 Å². The van der Waals surface area contributed by atoms with Crippen molar-refractivity contribution in [2.24, 2.45) is 17.3 Å². The van der Waals surface area contributed by atoms with E-state index in [0.29, 0.717) is 25.8 Å². The van der Waals surface area contributed by atoms with Crippen LogP contribution in [0.5, 0.6) is 0 Å². The molecule has 1 aliphatic carbocycles. The van der Waals surface area contributed by atoms with Crippen molar-refractivity contribution in [3.63, 3.8) is 0 Å². The second kappa shape index (κ2) is 6.89. The summed E-state index contributed by atoms with van der Waals surface area (Å²) in [5, 5.41) is 20.8. The summed E-state index contributed by atoms with van der Waals surface area (Å²) in [5.74, 6) is -1.91. The van der Waals surface area contributed by atoms with Crippen molar-refractivity contribution in [2.45, 2.75) is 46.0 Å². The average molecular weight is 271 g/mol. The van der Waals surface area contributed by atoms with Gasteiger partial charge in [0.2, 0.25) is 5.91 Å². The maximum atomic E-state index is 12.1. The minimum atomic E-state index is -0.864. The summed E-state index contributed by atoms with van der Waals surface area (Å²) in [6, 6.07) is 0. The summed E-state index contributed by atoms with van der Waals surface area (Å²) >= 11 is 0. The van der Waals surface area contributed by atoms with Crippen molar-refractivity contribution in [1.82, 2.24) is 5.32 Å². The molecule has 1 fully saturated rings. The first-order valence-corrected chi connectivity index (χ1v) is 6.99. The predicted octanol–water partition coefficient (Wildman–Crippen LogP) is 1.40. The molecule has 1 amide bonds. The van der Waals surface area contributed by atoms with E-state index in [-0.39, 0.29) is 23.8 Å². The van der Waals surface area contributed by atoms with Crippen LogP contribution in [0.1, 0.15) is 46.0 Å². The zero-order valence-corrected chi connectivity index (χ0v) is 11.8. The van der Waals surface area contributed by atoms with Gasteiger partial charge < -0.3 is 15.5 Å². The minimum absolute atomic E-state index is 0.0737. The fraction of sp³-hybridized carbons (Fsp3) is 0.857. The quantitative estimate of drug-likeness (QED) is 0.653. The van der Waals surface area contributed by atoms with Crippen molar-refractivity contribution in [2.75, 3.05) is 13.2 Å². The second-order valence-corrected chi connectivity index (χ2v) is 6.19. The number of carbonyl (C=O) groups is 2. The first kappa shape index (κ1) is 16.0. The molecule has 1 rings (SSSR count). The molecule has 0 aromatic carbocycles. The third-order valence-corrected chi connectivity index (χ3v) is 3.92. The number of nitrogens with one attached hydrogen (secondary N) is 1. The number of amides is 1. The summed E-state index contributed by atoms with van der Waals surface area (Å²) in [5.41, 5.74) is -0.0737. The Bertz CT molecular complexity index is 327. The standard InChI is InChI=1S/C14H25NO4/c1-14(2,7-4-8-16)9-15-12(17)10-5-3-6-11(10)13(18)19/h10-11,16H,3-9H2,1-2H3,(H,15,17)(H,18,19). The van der Waals surface area contributed by atoms with Crippen LogP contribution in [0, 0.1) is 17.3 Å². The lowest BCUT2D eigenvalue weighted by Gasteiger charge is -2.26. The third-order valence-electron chi connectivity index (χ3n) is 3.92. The number of carboxylic acids is 1. The van der Waals surface area contributed by atoms with Gasteiger partial charge in [-0.05, 0) is 31.1 Å². The molecule has 0 bridgehead atoms. The number of aliphatic hydroxyl groups excluding tert-OH is 1. The molecule has 0 heterocycles. The molecule has 2 unspecified atom stereocenters. The van der Waals surface area contributed by atoms with Crippen molar-refractivity contribution in [3.05, 3.63) is 0 Å². The highest BCUT2D eigenvalue weighted by Gasteiger charge is 2.37. The van der Waals surface area contributed by atoms with E-state index < -0.39 is 11.9 Å². The number of aliphatic hydroxyl groups is 1. The fourth-order valence-electron chi connectivity index (χ4n) is 2.67. The first-order valence-electron chi connectivity index (χ1n) is 6.99. The van der Waals surface area contributed by atoms with Crippen LogP contribution in [-0.2, 0) is 9.59 Å². The Balaban J connectivity index is 2.44. The largest absolute Gasteiger partial charge is 0.481 e. The molecule has 0 aromatic rings. The van der Waals surface area contributed by atoms with Crippen LogP contribution in [0.2, 0.25) is 0 Å². The molecule has 1 aliphatic rings. The van der Waals surface area contributed by atoms with Gasteiger partial charge in [0.05, 0.1) is 11.8 Å². The number of carboxylic acid groups (broad SMARTS) is 1. The fourth-order valence-corrected chi connectivity index (χ4v) is 2.67. The molecular weight excluding hydrogens is 246 g/mol. The van der Waals surface area contributed by atoms with Gasteiger partial charge in [-0.25, -0.2) is 0 Å². The molecule has 19 heavy (non-hydrogen) atoms. The SMILES string of the molecule is CC(C)(CCCO)CNC(=O)C1CCCC1C(=O)O. The van der Waals surface area contributed by atoms with Crippen LogP contribution in [0.4, 0.5) is 0 Å². The maximum Gasteiger partial charge on any atom is 0.307 e. The van der Waals surface area contributed by atoms with Gasteiger partial charge in [-0.3, -0.25) is 9.59 Å². The normalized spacial score (nSPS) is 23.3. The van der Waals surface area contributed by atoms with Crippen LogP contribution in [0.15, 0.2) is 0 Å². The van der Waals surface area contributed by atoms with Crippen LogP contribution < -0.4 is 5.32 Å². The van der Waals surface area contributed by atoms with Crippen molar-refractivity contribution < 1.29 is 19.8 Å². The smallest absolute Gasteiger partial charge is 0.307 e. The van der Waals surface area contributed by atoms with Gasteiger partial charge in [0.1, 0.15) is 0 Å². The van der Waals surface area contributed by atoms with Gasteiger partial charge in [0.25, 0.3) is 0 Å². The van der Waals surface area contributed by atoms with Gasteiger partial charge in [-0.1, -0.05) is 20.3 Å². The Hall–Kier alpha value is -1.10. The van der Waals surface area contributed by atoms with Gasteiger partial charge in [0, 0.05) is 13.2 Å². The topological polar surface area (TPSA) is 86.6 Å². The molecule has 5 nitrogen and oxygen atoms in total. The Morgan fingerprint density at radius 1 is 1.26 bits per heavy atom. The molecule has 0 aliphatic heterocycles. The summed E-state index contributed by atoms with van der Waals surface area (Å²) in [4.78, 5) is 23.1. The predicted molar refractivity (Wildman–Crippen MR) is 71.6 cm³/mol. The number of hydrogen-bond donors (Lipinski definition) is 3. The van der Waals surface area contributed by atoms with Crippen LogP contribution >= 0.6 is 0 Å². The number of aliphatic carboxylic acids is 1. The molecule has 5 heteroatoms. The summed E-state index contributed by atoms with van der Waals surface area (Å²) in [6.07, 6.45) is 3.62. The van der Waals surface area contributed by atoms with E-state index in [1.807, 2.05) is 13.8 Å². The Morgan fingerprint density at radius 2 is 1.89 bits per heavy atom. The van der Waals surface area contributed by atoms with Crippen molar-refractivity contribution in [1.29, 1.82) is 0 Å². The van der Waals surface area contributed by atoms with E-state index in [1.54, 1.807) is 0 Å². The minimum Gasteiger partial charge on any atom is -0.481 e. The number of carbonyl (C=O) groups excluding carboxylic acids is 1. The van der Waals surface area contributed by atoms with Crippen LogP contribution in [0.3, 0.4) is 0 Å². The molecule has 2 atom stereocenters. The number of rotatable bonds is 7. The van der Waals surface area contributed by atoms with Gasteiger partial charge in [0.15, 0.2) is 0 Å². The lowest BCUT2D eigenvalue weighted by Crippen LogP contribution is -2.40. The zero-order valence-electron chi connectivity index (χ0n) is 11.8. The lowest BCUT2D eigenvalue weighted by atomic mass is 9.87. The maximum absolute atomic E-state index is 12.1. The first-order chi connectivity index (χ1) is 8.87. The number of hydrogen-bond acceptors (Lipinski definition) is 3. The monoisotopic (exact) mass is 271 g/mol. The second-order valence-electron chi connectivity index (χ2n) is 6.19. The highest BCUT2D eigenvalue weighted by molar-refractivity contribution is 5.85. The molecule has 1 saturated carbocycles. The zero-order chi connectivity index (χ0) is 14.5. The average Bonchev–Trinajstić information content (AvgIpc) is 2.83. The van der Waals surface area contributed by atoms with E-state index in [1.165, 1.54) is 0 Å². The molecular formula is C14H25NO4. The van der Waals surface area contributed by atoms with Crippen molar-refractivity contribution >= 4 is 11.9 Å². The van der Waals surface area contributed by atoms with E-state index in [4.69, 9.17) is 10.2 Å². The van der Waals surface area contributed by atoms with E-state index in [9.17, 15) is 9.59 Å². The highest BCUT2D eigenvalue weighted by atomic mass is 16.4. The summed E-state index contributed by atoms with van der Waals surface area (Å²) in [7, 11) is 0. The Kier molecular flexibility index (Phi) is 5.79. The Labute approximate surface area is 114 Å². The third kappa shape index (κ3) is 4.82. The van der Waals surface area contributed by atoms with Crippen LogP contribution in [0.25, 0.3) is 0 Å². The lowest BCUT2D eigenvalue weighted by molar-refractivity contribution is -0.146. The van der Waals surface area contributed by atoms with Crippen molar-refractivity contribution in [3.8, 4) is 0 Å². The summed E-state index contributed by atoms with van der Waals surface area (Å²) < 4.78 is 0. The van der Waals surface area contributed by atoms with E-state index in [0.717, 1.165) is 12.8 Å². The molecule has 110 valence electrons. The highest BCUT2D eigenvalue weighted by Crippen LogP contribution is 2.32. The van der Waals surface area contributed by atoms with Gasteiger partial charge in [-0.15, -0.1) is 0 Å². The molecule has 0 saturated heterocycles. The molecule has 3 N–H and O–H groups in total.